The molecule has 3 aliphatic heterocycles. The van der Waals surface area contributed by atoms with Gasteiger partial charge in [-0.05, 0) is 61.3 Å². The number of carbonyl (C=O) groups excluding carboxylic acids is 4. The van der Waals surface area contributed by atoms with Crippen LogP contribution >= 0.6 is 18.9 Å². The predicted molar refractivity (Wildman–Crippen MR) is 152 cm³/mol. The second-order valence-electron chi connectivity index (χ2n) is 11.0. The van der Waals surface area contributed by atoms with E-state index >= 15 is 0 Å². The Morgan fingerprint density at radius 1 is 1.10 bits per heavy atom. The lowest BCUT2D eigenvalue weighted by Crippen LogP contribution is -2.57. The molecule has 0 aliphatic carbocycles. The summed E-state index contributed by atoms with van der Waals surface area (Å²) < 4.78 is 30.9. The van der Waals surface area contributed by atoms with Gasteiger partial charge in [0.25, 0.3) is 5.91 Å². The van der Waals surface area contributed by atoms with E-state index in [1.165, 1.54) is 36.3 Å². The number of benzene rings is 1. The molecule has 5 rings (SSSR count). The maximum atomic E-state index is 14.2. The Labute approximate surface area is 245 Å². The number of likely N-dealkylation sites (tertiary alicyclic amines) is 1. The van der Waals surface area contributed by atoms with E-state index in [4.69, 9.17) is 4.74 Å². The molecule has 0 bridgehead atoms. The molecule has 12 nitrogen and oxygen atoms in total. The van der Waals surface area contributed by atoms with Crippen LogP contribution in [0.3, 0.4) is 0 Å². The van der Waals surface area contributed by atoms with Gasteiger partial charge < -0.3 is 35.0 Å². The minimum Gasteiger partial charge on any atom is -0.453 e. The topological polar surface area (TPSA) is 166 Å². The maximum absolute atomic E-state index is 14.2. The number of amides is 4. The molecule has 0 radical (unpaired) electrons. The SMILES string of the molecule is COC(=O)N1CC[C@@H](NC(=O)[C@@H]2CC[C@@H]3CCCC[C@H](NC(=O)c4cc5cc(C(F)P(=O)(O)O)ccc5s4)C(=O)N32)C1. The number of alkyl halides is 1. The van der Waals surface area contributed by atoms with E-state index in [0.717, 1.165) is 30.6 Å². The predicted octanol–water partition coefficient (Wildman–Crippen LogP) is 3.04. The summed E-state index contributed by atoms with van der Waals surface area (Å²) in [6.07, 6.45) is 4.12. The number of ether oxygens (including phenoxy) is 1. The van der Waals surface area contributed by atoms with Gasteiger partial charge in [0.05, 0.1) is 12.0 Å². The number of hydrogen-bond acceptors (Lipinski definition) is 7. The molecule has 4 amide bonds. The Morgan fingerprint density at radius 3 is 2.60 bits per heavy atom. The first-order chi connectivity index (χ1) is 20.0. The van der Waals surface area contributed by atoms with Crippen molar-refractivity contribution in [2.24, 2.45) is 0 Å². The molecule has 1 aromatic heterocycles. The molecule has 0 saturated carbocycles. The van der Waals surface area contributed by atoms with Gasteiger partial charge in [-0.2, -0.15) is 0 Å². The summed E-state index contributed by atoms with van der Waals surface area (Å²) in [5.41, 5.74) is -0.184. The van der Waals surface area contributed by atoms with Crippen molar-refractivity contribution < 1.29 is 42.7 Å². The lowest BCUT2D eigenvalue weighted by atomic mass is 9.99. The Balaban J connectivity index is 1.28. The van der Waals surface area contributed by atoms with E-state index in [1.807, 2.05) is 0 Å². The molecule has 0 spiro atoms. The van der Waals surface area contributed by atoms with Crippen molar-refractivity contribution in [3.8, 4) is 0 Å². The first-order valence-electron chi connectivity index (χ1n) is 14.0. The van der Waals surface area contributed by atoms with Gasteiger partial charge in [0.1, 0.15) is 12.1 Å². The van der Waals surface area contributed by atoms with E-state index in [9.17, 15) is 37.9 Å². The van der Waals surface area contributed by atoms with Gasteiger partial charge in [0.2, 0.25) is 17.7 Å². The average Bonchev–Trinajstić information content (AvgIpc) is 3.69. The van der Waals surface area contributed by atoms with Crippen molar-refractivity contribution in [2.75, 3.05) is 20.2 Å². The quantitative estimate of drug-likeness (QED) is 0.356. The van der Waals surface area contributed by atoms with E-state index in [2.05, 4.69) is 10.6 Å². The highest BCUT2D eigenvalue weighted by Crippen LogP contribution is 2.53. The number of halogens is 1. The fraction of sp³-hybridized carbons (Fsp3) is 0.556. The standard InChI is InChI=1S/C27H34FN4O8PS/c1-40-27(36)31-11-10-17(14-31)29-24(33)20-8-7-18-4-2-3-5-19(26(35)32(18)20)30-25(34)22-13-16-12-15(6-9-21(16)42-22)23(28)41(37,38)39/h6,9,12-13,17-20,23H,2-5,7-8,10-11,14H2,1H3,(H,29,33)(H,30,34)(H2,37,38,39)/t17-,18+,19+,20+,23?/m1/s1. The third-order valence-corrected chi connectivity index (χ3v) is 10.2. The normalized spacial score (nSPS) is 25.5. The maximum Gasteiger partial charge on any atom is 0.409 e. The van der Waals surface area contributed by atoms with Gasteiger partial charge in [-0.1, -0.05) is 18.9 Å². The average molecular weight is 625 g/mol. The molecule has 4 heterocycles. The van der Waals surface area contributed by atoms with Crippen molar-refractivity contribution in [2.45, 2.75) is 75.0 Å². The van der Waals surface area contributed by atoms with Crippen molar-refractivity contribution in [3.63, 3.8) is 0 Å². The van der Waals surface area contributed by atoms with Crippen molar-refractivity contribution >= 4 is 52.8 Å². The molecule has 4 N–H and O–H groups in total. The molecule has 3 saturated heterocycles. The molecule has 1 aromatic carbocycles. The van der Waals surface area contributed by atoms with Crippen LogP contribution in [0.4, 0.5) is 9.18 Å². The number of nitrogens with one attached hydrogen (secondary N) is 2. The molecule has 42 heavy (non-hydrogen) atoms. The zero-order valence-electron chi connectivity index (χ0n) is 23.0. The second-order valence-corrected chi connectivity index (χ2v) is 13.8. The smallest absolute Gasteiger partial charge is 0.409 e. The number of thiophene rings is 1. The van der Waals surface area contributed by atoms with Crippen LogP contribution in [-0.4, -0.2) is 87.8 Å². The molecule has 2 aromatic rings. The lowest BCUT2D eigenvalue weighted by molar-refractivity contribution is -0.142. The number of carbonyl (C=O) groups is 4. The Hall–Kier alpha value is -3.06. The van der Waals surface area contributed by atoms with Crippen LogP contribution in [0.1, 0.15) is 66.1 Å². The number of hydrogen-bond donors (Lipinski definition) is 4. The van der Waals surface area contributed by atoms with Crippen LogP contribution in [0, 0.1) is 0 Å². The monoisotopic (exact) mass is 624 g/mol. The first kappa shape index (κ1) is 30.4. The highest BCUT2D eigenvalue weighted by atomic mass is 32.1. The van der Waals surface area contributed by atoms with Gasteiger partial charge in [-0.3, -0.25) is 18.9 Å². The Morgan fingerprint density at radius 2 is 1.86 bits per heavy atom. The highest BCUT2D eigenvalue weighted by Gasteiger charge is 2.44. The van der Waals surface area contributed by atoms with E-state index in [-0.39, 0.29) is 34.3 Å². The van der Waals surface area contributed by atoms with Gasteiger partial charge >= 0.3 is 13.7 Å². The summed E-state index contributed by atoms with van der Waals surface area (Å²) in [5.74, 6) is -3.53. The molecular formula is C27H34FN4O8PS. The van der Waals surface area contributed by atoms with Gasteiger partial charge in [-0.25, -0.2) is 9.18 Å². The molecule has 228 valence electrons. The largest absolute Gasteiger partial charge is 0.453 e. The minimum atomic E-state index is -4.98. The van der Waals surface area contributed by atoms with Crippen LogP contribution in [-0.2, 0) is 18.9 Å². The number of methoxy groups -OCH3 is 1. The van der Waals surface area contributed by atoms with Crippen LogP contribution in [0.2, 0.25) is 0 Å². The van der Waals surface area contributed by atoms with Crippen molar-refractivity contribution in [1.29, 1.82) is 0 Å². The lowest BCUT2D eigenvalue weighted by Gasteiger charge is -2.35. The zero-order valence-corrected chi connectivity index (χ0v) is 24.7. The van der Waals surface area contributed by atoms with E-state index in [1.54, 1.807) is 4.90 Å². The summed E-state index contributed by atoms with van der Waals surface area (Å²) in [6, 6.07) is 3.75. The third kappa shape index (κ3) is 6.31. The fourth-order valence-electron chi connectivity index (χ4n) is 6.14. The second kappa shape index (κ2) is 12.3. The third-order valence-electron chi connectivity index (χ3n) is 8.25. The van der Waals surface area contributed by atoms with Crippen LogP contribution < -0.4 is 10.6 Å². The summed E-state index contributed by atoms with van der Waals surface area (Å²) in [7, 11) is -3.67. The summed E-state index contributed by atoms with van der Waals surface area (Å²) >= 11 is 1.12. The molecule has 15 heteroatoms. The number of nitrogens with zero attached hydrogens (tertiary/aromatic N) is 2. The summed E-state index contributed by atoms with van der Waals surface area (Å²) in [6.45, 7) is 0.807. The van der Waals surface area contributed by atoms with Gasteiger partial charge in [-0.15, -0.1) is 11.3 Å². The molecular weight excluding hydrogens is 590 g/mol. The Kier molecular flexibility index (Phi) is 8.89. The van der Waals surface area contributed by atoms with E-state index < -0.39 is 37.6 Å². The van der Waals surface area contributed by atoms with Gasteiger partial charge in [0, 0.05) is 29.9 Å². The summed E-state index contributed by atoms with van der Waals surface area (Å²) in [5, 5.41) is 6.29. The van der Waals surface area contributed by atoms with Crippen molar-refractivity contribution in [3.05, 3.63) is 34.7 Å². The zero-order chi connectivity index (χ0) is 30.2. The molecule has 3 aliphatic rings. The summed E-state index contributed by atoms with van der Waals surface area (Å²) in [4.78, 5) is 74.0. The van der Waals surface area contributed by atoms with Crippen LogP contribution in [0.15, 0.2) is 24.3 Å². The van der Waals surface area contributed by atoms with Crippen LogP contribution in [0.5, 0.6) is 0 Å². The first-order valence-corrected chi connectivity index (χ1v) is 16.4. The Bertz CT molecular complexity index is 1430. The number of rotatable bonds is 6. The molecule has 5 atom stereocenters. The fourth-order valence-corrected chi connectivity index (χ4v) is 7.63. The molecule has 1 unspecified atom stereocenters. The highest BCUT2D eigenvalue weighted by molar-refractivity contribution is 7.51. The van der Waals surface area contributed by atoms with Crippen molar-refractivity contribution in [1.82, 2.24) is 20.4 Å². The molecule has 3 fully saturated rings. The van der Waals surface area contributed by atoms with Gasteiger partial charge in [0.15, 0.2) is 0 Å². The number of fused-ring (bicyclic) bond motifs is 2. The van der Waals surface area contributed by atoms with E-state index in [0.29, 0.717) is 48.9 Å². The minimum absolute atomic E-state index is 0.103. The van der Waals surface area contributed by atoms with Crippen LogP contribution in [0.25, 0.3) is 10.1 Å².